The first-order valence-corrected chi connectivity index (χ1v) is 11.5. The van der Waals surface area contributed by atoms with E-state index < -0.39 is 36.7 Å². The molecule has 5 nitrogen and oxygen atoms in total. The fourth-order valence-corrected chi connectivity index (χ4v) is 4.36. The molecule has 0 aliphatic carbocycles. The van der Waals surface area contributed by atoms with E-state index in [-0.39, 0.29) is 33.1 Å². The minimum atomic E-state index is -4.74. The van der Waals surface area contributed by atoms with Crippen LogP contribution in [0.2, 0.25) is 20.1 Å². The Kier molecular flexibility index (Phi) is 9.76. The maximum absolute atomic E-state index is 12.9. The summed E-state index contributed by atoms with van der Waals surface area (Å²) in [7, 11) is 1.16. The standard InChI is InChI=1S/C23H21Cl4F3N2O3/c1-3-9-22(15-7-8-16(24)18(26)10-15,13-31(2)19(33)11-23(28,29)30)32(21(34)35)12-14-5-4-6-17(25)20(14)27/h3-8,10H,1,9,11-13H2,2H3,(H,34,35)/t22-/m1/s1. The molecule has 35 heavy (non-hydrogen) atoms. The molecule has 190 valence electrons. The van der Waals surface area contributed by atoms with Gasteiger partial charge in [-0.25, -0.2) is 4.79 Å². The lowest BCUT2D eigenvalue weighted by atomic mass is 9.83. The average Bonchev–Trinajstić information content (AvgIpc) is 2.74. The second-order valence-electron chi connectivity index (χ2n) is 7.78. The van der Waals surface area contributed by atoms with Gasteiger partial charge in [-0.1, -0.05) is 70.7 Å². The Morgan fingerprint density at radius 1 is 1.06 bits per heavy atom. The Balaban J connectivity index is 2.71. The zero-order valence-corrected chi connectivity index (χ0v) is 21.4. The van der Waals surface area contributed by atoms with Gasteiger partial charge in [-0.2, -0.15) is 13.2 Å². The fraction of sp³-hybridized carbons (Fsp3) is 0.304. The minimum Gasteiger partial charge on any atom is -0.465 e. The Bertz CT molecular complexity index is 1110. The summed E-state index contributed by atoms with van der Waals surface area (Å²) in [5.74, 6) is -1.24. The number of amides is 2. The maximum atomic E-state index is 12.9. The molecule has 2 aromatic rings. The third kappa shape index (κ3) is 7.19. The first-order valence-electron chi connectivity index (χ1n) is 10.0. The quantitative estimate of drug-likeness (QED) is 0.314. The van der Waals surface area contributed by atoms with Gasteiger partial charge < -0.3 is 10.0 Å². The lowest BCUT2D eigenvalue weighted by Gasteiger charge is -2.45. The van der Waals surface area contributed by atoms with Gasteiger partial charge in [-0.05, 0) is 35.7 Å². The number of halogens is 7. The van der Waals surface area contributed by atoms with Crippen molar-refractivity contribution in [1.82, 2.24) is 9.80 Å². The first-order chi connectivity index (χ1) is 16.2. The molecular weight excluding hydrogens is 551 g/mol. The van der Waals surface area contributed by atoms with Crippen molar-refractivity contribution < 1.29 is 27.9 Å². The van der Waals surface area contributed by atoms with E-state index in [1.807, 2.05) is 0 Å². The Morgan fingerprint density at radius 3 is 2.26 bits per heavy atom. The Morgan fingerprint density at radius 2 is 1.71 bits per heavy atom. The predicted octanol–water partition coefficient (Wildman–Crippen LogP) is 7.66. The van der Waals surface area contributed by atoms with Gasteiger partial charge >= 0.3 is 12.3 Å². The van der Waals surface area contributed by atoms with Crippen molar-refractivity contribution in [3.05, 3.63) is 80.3 Å². The number of carbonyl (C=O) groups excluding carboxylic acids is 1. The highest BCUT2D eigenvalue weighted by Crippen LogP contribution is 2.39. The Hall–Kier alpha value is -2.13. The smallest absolute Gasteiger partial charge is 0.408 e. The molecule has 1 N–H and O–H groups in total. The van der Waals surface area contributed by atoms with E-state index in [2.05, 4.69) is 6.58 Å². The number of carboxylic acid groups (broad SMARTS) is 1. The number of carbonyl (C=O) groups is 2. The number of benzene rings is 2. The lowest BCUT2D eigenvalue weighted by molar-refractivity contribution is -0.161. The molecule has 0 fully saturated rings. The molecule has 0 aromatic heterocycles. The molecule has 0 saturated carbocycles. The van der Waals surface area contributed by atoms with Crippen LogP contribution in [0.1, 0.15) is 24.0 Å². The summed E-state index contributed by atoms with van der Waals surface area (Å²) < 4.78 is 38.7. The summed E-state index contributed by atoms with van der Waals surface area (Å²) in [6, 6.07) is 9.01. The van der Waals surface area contributed by atoms with Gasteiger partial charge in [0.25, 0.3) is 0 Å². The van der Waals surface area contributed by atoms with Crippen LogP contribution in [0.15, 0.2) is 49.1 Å². The zero-order valence-electron chi connectivity index (χ0n) is 18.4. The van der Waals surface area contributed by atoms with Crippen molar-refractivity contribution in [2.45, 2.75) is 31.1 Å². The molecular formula is C23H21Cl4F3N2O3. The van der Waals surface area contributed by atoms with Crippen molar-refractivity contribution in [2.24, 2.45) is 0 Å². The molecule has 0 saturated heterocycles. The highest BCUT2D eigenvalue weighted by Gasteiger charge is 2.44. The van der Waals surface area contributed by atoms with Crippen molar-refractivity contribution >= 4 is 58.4 Å². The topological polar surface area (TPSA) is 60.9 Å². The normalized spacial score (nSPS) is 13.1. The second-order valence-corrected chi connectivity index (χ2v) is 9.38. The van der Waals surface area contributed by atoms with E-state index in [0.717, 1.165) is 16.8 Å². The minimum absolute atomic E-state index is 0.0842. The van der Waals surface area contributed by atoms with Crippen LogP contribution in [-0.2, 0) is 16.9 Å². The van der Waals surface area contributed by atoms with Crippen LogP contribution < -0.4 is 0 Å². The summed E-state index contributed by atoms with van der Waals surface area (Å²) in [6.45, 7) is 2.94. The van der Waals surface area contributed by atoms with Crippen LogP contribution in [-0.4, -0.2) is 46.7 Å². The SMILES string of the molecule is C=CC[C@@](CN(C)C(=O)CC(F)(F)F)(c1ccc(Cl)c(Cl)c1)N(Cc1cccc(Cl)c1Cl)C(=O)O. The van der Waals surface area contributed by atoms with Gasteiger partial charge in [-0.3, -0.25) is 9.69 Å². The first kappa shape index (κ1) is 29.1. The predicted molar refractivity (Wildman–Crippen MR) is 131 cm³/mol. The highest BCUT2D eigenvalue weighted by atomic mass is 35.5. The molecule has 2 rings (SSSR count). The molecule has 0 bridgehead atoms. The van der Waals surface area contributed by atoms with Gasteiger partial charge in [-0.15, -0.1) is 6.58 Å². The van der Waals surface area contributed by atoms with E-state index >= 15 is 0 Å². The number of hydrogen-bond acceptors (Lipinski definition) is 2. The second kappa shape index (κ2) is 11.7. The molecule has 0 spiro atoms. The zero-order chi connectivity index (χ0) is 26.6. The van der Waals surface area contributed by atoms with Crippen LogP contribution in [0.4, 0.5) is 18.0 Å². The Labute approximate surface area is 220 Å². The van der Waals surface area contributed by atoms with Gasteiger partial charge in [0.2, 0.25) is 5.91 Å². The van der Waals surface area contributed by atoms with E-state index in [1.165, 1.54) is 30.3 Å². The van der Waals surface area contributed by atoms with Crippen LogP contribution in [0.5, 0.6) is 0 Å². The van der Waals surface area contributed by atoms with E-state index in [0.29, 0.717) is 11.1 Å². The van der Waals surface area contributed by atoms with Crippen molar-refractivity contribution in [2.75, 3.05) is 13.6 Å². The number of rotatable bonds is 9. The average molecular weight is 572 g/mol. The summed E-state index contributed by atoms with van der Waals surface area (Å²) in [4.78, 5) is 26.8. The van der Waals surface area contributed by atoms with E-state index in [4.69, 9.17) is 46.4 Å². The van der Waals surface area contributed by atoms with Gasteiger partial charge in [0.15, 0.2) is 0 Å². The number of likely N-dealkylation sites (N-methyl/N-ethyl adjacent to an activating group) is 1. The molecule has 0 heterocycles. The number of nitrogens with zero attached hydrogens (tertiary/aromatic N) is 2. The molecule has 12 heteroatoms. The molecule has 0 radical (unpaired) electrons. The van der Waals surface area contributed by atoms with Gasteiger partial charge in [0, 0.05) is 13.6 Å². The van der Waals surface area contributed by atoms with E-state index in [9.17, 15) is 27.9 Å². The van der Waals surface area contributed by atoms with Crippen LogP contribution >= 0.6 is 46.4 Å². The maximum Gasteiger partial charge on any atom is 0.408 e. The van der Waals surface area contributed by atoms with Gasteiger partial charge in [0.05, 0.1) is 32.2 Å². The van der Waals surface area contributed by atoms with Crippen molar-refractivity contribution in [1.29, 1.82) is 0 Å². The summed E-state index contributed by atoms with van der Waals surface area (Å²) in [5, 5.41) is 10.8. The summed E-state index contributed by atoms with van der Waals surface area (Å²) in [5.41, 5.74) is -0.970. The molecule has 0 aliphatic rings. The largest absolute Gasteiger partial charge is 0.465 e. The molecule has 2 aromatic carbocycles. The number of hydrogen-bond donors (Lipinski definition) is 1. The number of alkyl halides is 3. The van der Waals surface area contributed by atoms with Crippen molar-refractivity contribution in [3.8, 4) is 0 Å². The molecule has 1 atom stereocenters. The van der Waals surface area contributed by atoms with Crippen molar-refractivity contribution in [3.63, 3.8) is 0 Å². The highest BCUT2D eigenvalue weighted by molar-refractivity contribution is 6.42. The third-order valence-corrected chi connectivity index (χ3v) is 6.92. The fourth-order valence-electron chi connectivity index (χ4n) is 3.68. The van der Waals surface area contributed by atoms with E-state index in [1.54, 1.807) is 12.1 Å². The molecule has 0 aliphatic heterocycles. The molecule has 0 unspecified atom stereocenters. The van der Waals surface area contributed by atoms with Gasteiger partial charge in [0.1, 0.15) is 6.42 Å². The van der Waals surface area contributed by atoms with Crippen LogP contribution in [0.3, 0.4) is 0 Å². The lowest BCUT2D eigenvalue weighted by Crippen LogP contribution is -2.55. The summed E-state index contributed by atoms with van der Waals surface area (Å²) >= 11 is 24.6. The van der Waals surface area contributed by atoms with Crippen LogP contribution in [0.25, 0.3) is 0 Å². The monoisotopic (exact) mass is 570 g/mol. The summed E-state index contributed by atoms with van der Waals surface area (Å²) in [6.07, 6.45) is -6.55. The molecule has 2 amide bonds. The van der Waals surface area contributed by atoms with Crippen LogP contribution in [0, 0.1) is 0 Å². The third-order valence-electron chi connectivity index (χ3n) is 5.32.